The normalized spacial score (nSPS) is 15.8. The maximum Gasteiger partial charge on any atom is 0.102 e. The Kier molecular flexibility index (Phi) is 6.36. The lowest BCUT2D eigenvalue weighted by atomic mass is 9.88. The van der Waals surface area contributed by atoms with Crippen LogP contribution in [0.25, 0.3) is 0 Å². The maximum absolute atomic E-state index is 10.2. The molecule has 4 heteroatoms. The van der Waals surface area contributed by atoms with Gasteiger partial charge in [-0.15, -0.1) is 0 Å². The summed E-state index contributed by atoms with van der Waals surface area (Å²) in [6, 6.07) is 19.7. The molecule has 0 aliphatic carbocycles. The zero-order valence-corrected chi connectivity index (χ0v) is 15.5. The Morgan fingerprint density at radius 1 is 0.880 bits per heavy atom. The van der Waals surface area contributed by atoms with Crippen LogP contribution in [-0.4, -0.2) is 34.0 Å². The fraction of sp³-hybridized carbons (Fsp3) is 0.429. The number of hydroxylamine groups is 2. The molecular formula is C21H29NO3. The third-order valence-electron chi connectivity index (χ3n) is 4.62. The molecule has 0 amide bonds. The molecule has 0 spiro atoms. The van der Waals surface area contributed by atoms with Crippen LogP contribution >= 0.6 is 0 Å². The first-order valence-electron chi connectivity index (χ1n) is 8.64. The molecule has 2 N–H and O–H groups in total. The topological polar surface area (TPSA) is 52.9 Å². The number of nitrogens with zero attached hydrogens (tertiary/aromatic N) is 1. The van der Waals surface area contributed by atoms with Gasteiger partial charge in [0.1, 0.15) is 6.10 Å². The minimum atomic E-state index is -0.795. The van der Waals surface area contributed by atoms with Gasteiger partial charge in [-0.05, 0) is 38.8 Å². The van der Waals surface area contributed by atoms with E-state index in [1.165, 1.54) is 0 Å². The minimum absolute atomic E-state index is 0.100. The standard InChI is InChI=1S/C21H29NO3/c1-17(18-11-7-5-8-12-18)25-22(20(2,3)15-23)21(4,16-24)19-13-9-6-10-14-19/h5-14,17,23-24H,15-16H2,1-4H3. The van der Waals surface area contributed by atoms with Crippen molar-refractivity contribution in [1.29, 1.82) is 0 Å². The van der Waals surface area contributed by atoms with E-state index in [9.17, 15) is 10.2 Å². The van der Waals surface area contributed by atoms with Gasteiger partial charge in [0.25, 0.3) is 0 Å². The molecule has 0 aromatic heterocycles. The molecule has 0 saturated heterocycles. The van der Waals surface area contributed by atoms with E-state index in [0.29, 0.717) is 0 Å². The second kappa shape index (κ2) is 8.11. The summed E-state index contributed by atoms with van der Waals surface area (Å²) in [5.41, 5.74) is 0.487. The Bertz CT molecular complexity index is 645. The molecule has 25 heavy (non-hydrogen) atoms. The second-order valence-electron chi connectivity index (χ2n) is 7.22. The Morgan fingerprint density at radius 3 is 1.88 bits per heavy atom. The Balaban J connectivity index is 2.42. The summed E-state index contributed by atoms with van der Waals surface area (Å²) in [6.45, 7) is 7.47. The van der Waals surface area contributed by atoms with Gasteiger partial charge in [0, 0.05) is 0 Å². The lowest BCUT2D eigenvalue weighted by Gasteiger charge is -2.48. The maximum atomic E-state index is 10.2. The van der Waals surface area contributed by atoms with E-state index in [1.807, 2.05) is 88.4 Å². The van der Waals surface area contributed by atoms with Crippen molar-refractivity contribution in [1.82, 2.24) is 5.06 Å². The molecule has 0 bridgehead atoms. The van der Waals surface area contributed by atoms with Gasteiger partial charge in [0.2, 0.25) is 0 Å². The third-order valence-corrected chi connectivity index (χ3v) is 4.62. The van der Waals surface area contributed by atoms with Gasteiger partial charge in [-0.3, -0.25) is 4.84 Å². The minimum Gasteiger partial charge on any atom is -0.394 e. The Labute approximate surface area is 150 Å². The number of aliphatic hydroxyl groups is 2. The molecule has 2 atom stereocenters. The highest BCUT2D eigenvalue weighted by molar-refractivity contribution is 5.24. The molecule has 0 radical (unpaired) electrons. The number of rotatable bonds is 8. The van der Waals surface area contributed by atoms with Crippen LogP contribution in [-0.2, 0) is 10.4 Å². The van der Waals surface area contributed by atoms with Crippen LogP contribution in [0.1, 0.15) is 44.9 Å². The van der Waals surface area contributed by atoms with Crippen LogP contribution in [0.15, 0.2) is 60.7 Å². The lowest BCUT2D eigenvalue weighted by molar-refractivity contribution is -0.309. The predicted molar refractivity (Wildman–Crippen MR) is 99.8 cm³/mol. The summed E-state index contributed by atoms with van der Waals surface area (Å²) < 4.78 is 0. The highest BCUT2D eigenvalue weighted by Gasteiger charge is 2.44. The van der Waals surface area contributed by atoms with Crippen LogP contribution in [0.3, 0.4) is 0 Å². The summed E-state index contributed by atoms with van der Waals surface area (Å²) in [5.74, 6) is 0. The van der Waals surface area contributed by atoms with Crippen molar-refractivity contribution in [3.05, 3.63) is 71.8 Å². The molecule has 0 aliphatic rings. The largest absolute Gasteiger partial charge is 0.394 e. The van der Waals surface area contributed by atoms with E-state index in [-0.39, 0.29) is 19.3 Å². The molecule has 2 unspecified atom stereocenters. The van der Waals surface area contributed by atoms with Gasteiger partial charge in [-0.2, -0.15) is 5.06 Å². The van der Waals surface area contributed by atoms with Gasteiger partial charge < -0.3 is 10.2 Å². The smallest absolute Gasteiger partial charge is 0.102 e. The van der Waals surface area contributed by atoms with E-state index in [4.69, 9.17) is 4.84 Å². The van der Waals surface area contributed by atoms with E-state index >= 15 is 0 Å². The molecule has 4 nitrogen and oxygen atoms in total. The van der Waals surface area contributed by atoms with Crippen LogP contribution in [0.4, 0.5) is 0 Å². The quantitative estimate of drug-likeness (QED) is 0.718. The summed E-state index contributed by atoms with van der Waals surface area (Å²) in [4.78, 5) is 6.32. The molecular weight excluding hydrogens is 314 g/mol. The van der Waals surface area contributed by atoms with Gasteiger partial charge in [0.05, 0.1) is 24.3 Å². The molecule has 2 aromatic rings. The average Bonchev–Trinajstić information content (AvgIpc) is 2.66. The summed E-state index contributed by atoms with van der Waals surface area (Å²) in [7, 11) is 0. The van der Waals surface area contributed by atoms with Gasteiger partial charge in [-0.25, -0.2) is 0 Å². The SMILES string of the molecule is CC(ON(C(C)(C)CO)C(C)(CO)c1ccccc1)c1ccccc1. The van der Waals surface area contributed by atoms with Crippen molar-refractivity contribution in [3.8, 4) is 0 Å². The van der Waals surface area contributed by atoms with Crippen molar-refractivity contribution in [3.63, 3.8) is 0 Å². The number of hydrogen-bond donors (Lipinski definition) is 2. The van der Waals surface area contributed by atoms with E-state index < -0.39 is 11.1 Å². The fourth-order valence-electron chi connectivity index (χ4n) is 3.00. The van der Waals surface area contributed by atoms with Crippen molar-refractivity contribution >= 4 is 0 Å². The summed E-state index contributed by atoms with van der Waals surface area (Å²) >= 11 is 0. The zero-order chi connectivity index (χ0) is 18.5. The van der Waals surface area contributed by atoms with Crippen molar-refractivity contribution in [2.45, 2.75) is 44.9 Å². The number of benzene rings is 2. The fourth-order valence-corrected chi connectivity index (χ4v) is 3.00. The van der Waals surface area contributed by atoms with Gasteiger partial charge >= 0.3 is 0 Å². The predicted octanol–water partition coefficient (Wildman–Crippen LogP) is 3.66. The second-order valence-corrected chi connectivity index (χ2v) is 7.22. The van der Waals surface area contributed by atoms with Crippen LogP contribution in [0.2, 0.25) is 0 Å². The number of hydrogen-bond acceptors (Lipinski definition) is 4. The van der Waals surface area contributed by atoms with Crippen LogP contribution in [0.5, 0.6) is 0 Å². The number of aliphatic hydroxyl groups excluding tert-OH is 2. The van der Waals surface area contributed by atoms with Crippen LogP contribution < -0.4 is 0 Å². The Hall–Kier alpha value is -1.72. The van der Waals surface area contributed by atoms with E-state index in [0.717, 1.165) is 11.1 Å². The molecule has 2 rings (SSSR count). The van der Waals surface area contributed by atoms with E-state index in [1.54, 1.807) is 5.06 Å². The molecule has 136 valence electrons. The Morgan fingerprint density at radius 2 is 1.40 bits per heavy atom. The molecule has 0 fully saturated rings. The van der Waals surface area contributed by atoms with Crippen molar-refractivity contribution in [2.75, 3.05) is 13.2 Å². The highest BCUT2D eigenvalue weighted by Crippen LogP contribution is 2.37. The molecule has 0 heterocycles. The monoisotopic (exact) mass is 343 g/mol. The zero-order valence-electron chi connectivity index (χ0n) is 15.5. The molecule has 0 saturated carbocycles. The van der Waals surface area contributed by atoms with Gasteiger partial charge in [-0.1, -0.05) is 60.7 Å². The highest BCUT2D eigenvalue weighted by atomic mass is 16.7. The average molecular weight is 343 g/mol. The molecule has 2 aromatic carbocycles. The third kappa shape index (κ3) is 4.28. The first-order chi connectivity index (χ1) is 11.8. The lowest BCUT2D eigenvalue weighted by Crippen LogP contribution is -2.58. The molecule has 0 aliphatic heterocycles. The first kappa shape index (κ1) is 19.6. The van der Waals surface area contributed by atoms with Crippen molar-refractivity contribution < 1.29 is 15.1 Å². The van der Waals surface area contributed by atoms with E-state index in [2.05, 4.69) is 0 Å². The summed E-state index contributed by atoms with van der Waals surface area (Å²) in [6.07, 6.45) is -0.221. The summed E-state index contributed by atoms with van der Waals surface area (Å²) in [5, 5.41) is 21.9. The first-order valence-corrected chi connectivity index (χ1v) is 8.64. The van der Waals surface area contributed by atoms with Crippen LogP contribution in [0, 0.1) is 0 Å². The van der Waals surface area contributed by atoms with Crippen molar-refractivity contribution in [2.24, 2.45) is 0 Å². The van der Waals surface area contributed by atoms with Gasteiger partial charge in [0.15, 0.2) is 0 Å².